The first-order chi connectivity index (χ1) is 8.49. The number of nitrogens with one attached hydrogen (secondary N) is 1. The molecule has 0 radical (unpaired) electrons. The van der Waals surface area contributed by atoms with Crippen LogP contribution >= 0.6 is 0 Å². The Morgan fingerprint density at radius 3 is 2.28 bits per heavy atom. The van der Waals surface area contributed by atoms with E-state index in [1.807, 2.05) is 0 Å². The molecule has 0 spiro atoms. The maximum absolute atomic E-state index is 3.70. The van der Waals surface area contributed by atoms with Crippen LogP contribution in [0.15, 0.2) is 0 Å². The molecule has 1 aliphatic heterocycles. The van der Waals surface area contributed by atoms with Crippen LogP contribution in [0.25, 0.3) is 0 Å². The highest BCUT2D eigenvalue weighted by Crippen LogP contribution is 2.21. The van der Waals surface area contributed by atoms with Gasteiger partial charge in [0, 0.05) is 37.8 Å². The molecule has 1 heterocycles. The third kappa shape index (κ3) is 4.22. The molecule has 0 aromatic rings. The Hall–Kier alpha value is -0.120. The summed E-state index contributed by atoms with van der Waals surface area (Å²) in [6.45, 7) is 12.9. The first kappa shape index (κ1) is 15.9. The summed E-state index contributed by atoms with van der Waals surface area (Å²) >= 11 is 0. The summed E-state index contributed by atoms with van der Waals surface area (Å²) in [7, 11) is 4.41. The van der Waals surface area contributed by atoms with Crippen molar-refractivity contribution in [1.29, 1.82) is 0 Å². The first-order valence-corrected chi connectivity index (χ1v) is 7.63. The molecule has 0 saturated carbocycles. The fraction of sp³-hybridized carbons (Fsp3) is 1.00. The second-order valence-electron chi connectivity index (χ2n) is 6.23. The number of hydrogen-bond donors (Lipinski definition) is 1. The van der Waals surface area contributed by atoms with Gasteiger partial charge >= 0.3 is 0 Å². The Balaban J connectivity index is 2.37. The minimum Gasteiger partial charge on any atom is -0.312 e. The zero-order valence-electron chi connectivity index (χ0n) is 13.2. The highest BCUT2D eigenvalue weighted by Gasteiger charge is 2.33. The van der Waals surface area contributed by atoms with Crippen LogP contribution in [0.4, 0.5) is 0 Å². The van der Waals surface area contributed by atoms with E-state index in [2.05, 4.69) is 56.9 Å². The summed E-state index contributed by atoms with van der Waals surface area (Å²) in [4.78, 5) is 5.02. The van der Waals surface area contributed by atoms with Gasteiger partial charge < -0.3 is 10.2 Å². The van der Waals surface area contributed by atoms with Gasteiger partial charge in [-0.3, -0.25) is 4.90 Å². The van der Waals surface area contributed by atoms with Crippen molar-refractivity contribution in [2.75, 3.05) is 33.7 Å². The summed E-state index contributed by atoms with van der Waals surface area (Å²) < 4.78 is 0. The van der Waals surface area contributed by atoms with Gasteiger partial charge in [0.15, 0.2) is 0 Å². The molecule has 0 aromatic carbocycles. The third-order valence-electron chi connectivity index (χ3n) is 4.58. The van der Waals surface area contributed by atoms with Gasteiger partial charge in [0.05, 0.1) is 0 Å². The average molecular weight is 255 g/mol. The van der Waals surface area contributed by atoms with Crippen LogP contribution in [0.3, 0.4) is 0 Å². The maximum Gasteiger partial charge on any atom is 0.0254 e. The molecule has 3 atom stereocenters. The minimum absolute atomic E-state index is 0.651. The smallest absolute Gasteiger partial charge is 0.0254 e. The monoisotopic (exact) mass is 255 g/mol. The first-order valence-electron chi connectivity index (χ1n) is 7.63. The highest BCUT2D eigenvalue weighted by atomic mass is 15.3. The lowest BCUT2D eigenvalue weighted by atomic mass is 10.1. The Morgan fingerprint density at radius 1 is 1.22 bits per heavy atom. The van der Waals surface area contributed by atoms with Crippen molar-refractivity contribution in [1.82, 2.24) is 15.1 Å². The van der Waals surface area contributed by atoms with E-state index in [0.29, 0.717) is 12.1 Å². The Kier molecular flexibility index (Phi) is 6.61. The molecule has 3 nitrogen and oxygen atoms in total. The predicted octanol–water partition coefficient (Wildman–Crippen LogP) is 2.04. The number of rotatable bonds is 7. The highest BCUT2D eigenvalue weighted by molar-refractivity contribution is 4.89. The Morgan fingerprint density at radius 2 is 1.83 bits per heavy atom. The molecule has 0 aliphatic carbocycles. The quantitative estimate of drug-likeness (QED) is 0.751. The molecular formula is C15H33N3. The van der Waals surface area contributed by atoms with Crippen molar-refractivity contribution in [3.8, 4) is 0 Å². The molecule has 18 heavy (non-hydrogen) atoms. The van der Waals surface area contributed by atoms with Crippen molar-refractivity contribution in [3.63, 3.8) is 0 Å². The summed E-state index contributed by atoms with van der Waals surface area (Å²) in [5.74, 6) is 0.788. The van der Waals surface area contributed by atoms with Gasteiger partial charge in [0.1, 0.15) is 0 Å². The molecule has 0 aromatic heterocycles. The predicted molar refractivity (Wildman–Crippen MR) is 80.0 cm³/mol. The van der Waals surface area contributed by atoms with Crippen molar-refractivity contribution >= 4 is 0 Å². The van der Waals surface area contributed by atoms with E-state index in [1.165, 1.54) is 25.9 Å². The second-order valence-corrected chi connectivity index (χ2v) is 6.23. The molecule has 1 fully saturated rings. The Bertz CT molecular complexity index is 226. The zero-order chi connectivity index (χ0) is 13.7. The number of likely N-dealkylation sites (tertiary alicyclic amines) is 1. The van der Waals surface area contributed by atoms with Crippen LogP contribution in [0.2, 0.25) is 0 Å². The SMILES string of the molecule is CCC(CC)NCC(C)N1CC(C)C(N(C)C)C1. The molecule has 1 N–H and O–H groups in total. The summed E-state index contributed by atoms with van der Waals surface area (Å²) in [6, 6.07) is 2.07. The lowest BCUT2D eigenvalue weighted by Crippen LogP contribution is -2.43. The van der Waals surface area contributed by atoms with Gasteiger partial charge in [-0.15, -0.1) is 0 Å². The number of hydrogen-bond acceptors (Lipinski definition) is 3. The van der Waals surface area contributed by atoms with Crippen molar-refractivity contribution in [2.24, 2.45) is 5.92 Å². The summed E-state index contributed by atoms with van der Waals surface area (Å²) in [5.41, 5.74) is 0. The van der Waals surface area contributed by atoms with Crippen molar-refractivity contribution in [2.45, 2.75) is 58.7 Å². The molecule has 0 bridgehead atoms. The van der Waals surface area contributed by atoms with E-state index in [1.54, 1.807) is 0 Å². The lowest BCUT2D eigenvalue weighted by molar-refractivity contribution is 0.216. The van der Waals surface area contributed by atoms with Gasteiger partial charge in [-0.1, -0.05) is 20.8 Å². The van der Waals surface area contributed by atoms with Gasteiger partial charge in [-0.25, -0.2) is 0 Å². The van der Waals surface area contributed by atoms with Crippen LogP contribution < -0.4 is 5.32 Å². The lowest BCUT2D eigenvalue weighted by Gasteiger charge is -2.27. The van der Waals surface area contributed by atoms with E-state index in [0.717, 1.165) is 18.5 Å². The van der Waals surface area contributed by atoms with Crippen LogP contribution in [0, 0.1) is 5.92 Å². The fourth-order valence-corrected chi connectivity index (χ4v) is 3.06. The Labute approximate surface area is 114 Å². The molecule has 1 saturated heterocycles. The second kappa shape index (κ2) is 7.46. The molecule has 108 valence electrons. The van der Waals surface area contributed by atoms with Gasteiger partial charge in [-0.05, 0) is 39.8 Å². The number of likely N-dealkylation sites (N-methyl/N-ethyl adjacent to an activating group) is 1. The third-order valence-corrected chi connectivity index (χ3v) is 4.58. The van der Waals surface area contributed by atoms with Crippen molar-refractivity contribution < 1.29 is 0 Å². The minimum atomic E-state index is 0.651. The molecule has 1 rings (SSSR count). The topological polar surface area (TPSA) is 18.5 Å². The molecule has 0 amide bonds. The molecular weight excluding hydrogens is 222 g/mol. The number of nitrogens with zero attached hydrogens (tertiary/aromatic N) is 2. The molecule has 1 aliphatic rings. The average Bonchev–Trinajstić information content (AvgIpc) is 2.72. The van der Waals surface area contributed by atoms with E-state index in [-0.39, 0.29) is 0 Å². The van der Waals surface area contributed by atoms with Crippen LogP contribution in [0.5, 0.6) is 0 Å². The standard InChI is InChI=1S/C15H33N3/c1-7-14(8-2)16-9-13(4)18-10-12(3)15(11-18)17(5)6/h12-16H,7-11H2,1-6H3. The summed E-state index contributed by atoms with van der Waals surface area (Å²) in [5, 5.41) is 3.70. The van der Waals surface area contributed by atoms with Crippen LogP contribution in [-0.2, 0) is 0 Å². The van der Waals surface area contributed by atoms with E-state index < -0.39 is 0 Å². The van der Waals surface area contributed by atoms with Gasteiger partial charge in [-0.2, -0.15) is 0 Å². The van der Waals surface area contributed by atoms with Crippen LogP contribution in [-0.4, -0.2) is 61.7 Å². The normalized spacial score (nSPS) is 27.3. The molecule has 3 heteroatoms. The van der Waals surface area contributed by atoms with Gasteiger partial charge in [0.25, 0.3) is 0 Å². The maximum atomic E-state index is 3.70. The fourth-order valence-electron chi connectivity index (χ4n) is 3.06. The van der Waals surface area contributed by atoms with Crippen LogP contribution in [0.1, 0.15) is 40.5 Å². The summed E-state index contributed by atoms with van der Waals surface area (Å²) in [6.07, 6.45) is 2.47. The van der Waals surface area contributed by atoms with E-state index in [9.17, 15) is 0 Å². The van der Waals surface area contributed by atoms with Crippen molar-refractivity contribution in [3.05, 3.63) is 0 Å². The van der Waals surface area contributed by atoms with Gasteiger partial charge in [0.2, 0.25) is 0 Å². The molecule has 3 unspecified atom stereocenters. The largest absolute Gasteiger partial charge is 0.312 e. The van der Waals surface area contributed by atoms with E-state index >= 15 is 0 Å². The zero-order valence-corrected chi connectivity index (χ0v) is 13.2. The van der Waals surface area contributed by atoms with E-state index in [4.69, 9.17) is 0 Å².